The van der Waals surface area contributed by atoms with Gasteiger partial charge in [0.1, 0.15) is 5.75 Å². The normalized spacial score (nSPS) is 15.3. The zero-order valence-electron chi connectivity index (χ0n) is 16.6. The molecule has 8 nitrogen and oxygen atoms in total. The monoisotopic (exact) mass is 400 g/mol. The quantitative estimate of drug-likeness (QED) is 0.772. The van der Waals surface area contributed by atoms with E-state index in [1.54, 1.807) is 49.5 Å². The van der Waals surface area contributed by atoms with Gasteiger partial charge in [0.15, 0.2) is 11.5 Å². The van der Waals surface area contributed by atoms with Crippen LogP contribution in [0.5, 0.6) is 17.2 Å². The number of ether oxygens (including phenoxy) is 3. The predicted octanol–water partition coefficient (Wildman–Crippen LogP) is 3.32. The zero-order chi connectivity index (χ0) is 21.0. The Labute approximate surface area is 169 Å². The minimum atomic E-state index is -0.986. The average Bonchev–Trinajstić information content (AvgIpc) is 2.73. The summed E-state index contributed by atoms with van der Waals surface area (Å²) in [7, 11) is 4.64. The highest BCUT2D eigenvalue weighted by Crippen LogP contribution is 2.39. The van der Waals surface area contributed by atoms with Gasteiger partial charge in [-0.2, -0.15) is 0 Å². The van der Waals surface area contributed by atoms with Crippen LogP contribution in [0, 0.1) is 0 Å². The number of carboxylic acid groups (broad SMARTS) is 1. The Morgan fingerprint density at radius 2 is 1.72 bits per heavy atom. The lowest BCUT2D eigenvalue weighted by Crippen LogP contribution is -2.43. The van der Waals surface area contributed by atoms with Crippen LogP contribution < -0.4 is 19.5 Å². The highest BCUT2D eigenvalue weighted by atomic mass is 16.5. The number of aliphatic carboxylic acids is 1. The lowest BCUT2D eigenvalue weighted by Gasteiger charge is -2.37. The molecule has 0 spiro atoms. The molecule has 0 radical (unpaired) electrons. The van der Waals surface area contributed by atoms with Crippen molar-refractivity contribution in [3.05, 3.63) is 47.5 Å². The second-order valence-corrected chi connectivity index (χ2v) is 6.62. The number of benzene rings is 2. The van der Waals surface area contributed by atoms with Crippen LogP contribution in [-0.4, -0.2) is 49.9 Å². The number of urea groups is 1. The molecule has 2 amide bonds. The fourth-order valence-corrected chi connectivity index (χ4v) is 3.53. The summed E-state index contributed by atoms with van der Waals surface area (Å²) in [6.07, 6.45) is 0.375. The first kappa shape index (κ1) is 20.3. The molecule has 1 aliphatic rings. The molecular formula is C21H24N2O6. The molecule has 3 rings (SSSR count). The van der Waals surface area contributed by atoms with Crippen molar-refractivity contribution in [2.24, 2.45) is 0 Å². The number of carboxylic acids is 1. The van der Waals surface area contributed by atoms with Crippen molar-refractivity contribution in [2.45, 2.75) is 18.9 Å². The van der Waals surface area contributed by atoms with Gasteiger partial charge >= 0.3 is 12.0 Å². The Kier molecular flexibility index (Phi) is 6.11. The van der Waals surface area contributed by atoms with Gasteiger partial charge in [0.2, 0.25) is 0 Å². The van der Waals surface area contributed by atoms with Crippen molar-refractivity contribution in [3.8, 4) is 17.2 Å². The number of carbonyl (C=O) groups excluding carboxylic acids is 1. The maximum Gasteiger partial charge on any atom is 0.322 e. The second-order valence-electron chi connectivity index (χ2n) is 6.62. The first-order chi connectivity index (χ1) is 14.0. The molecule has 2 N–H and O–H groups in total. The first-order valence-corrected chi connectivity index (χ1v) is 9.15. The van der Waals surface area contributed by atoms with Crippen LogP contribution >= 0.6 is 0 Å². The third-order valence-electron chi connectivity index (χ3n) is 4.97. The number of hydrogen-bond acceptors (Lipinski definition) is 5. The van der Waals surface area contributed by atoms with Gasteiger partial charge in [-0.1, -0.05) is 0 Å². The van der Waals surface area contributed by atoms with Gasteiger partial charge in [0.25, 0.3) is 0 Å². The summed E-state index contributed by atoms with van der Waals surface area (Å²) >= 11 is 0. The first-order valence-electron chi connectivity index (χ1n) is 9.15. The number of nitrogens with one attached hydrogen (secondary N) is 1. The third kappa shape index (κ3) is 4.37. The molecule has 1 aliphatic heterocycles. The number of methoxy groups -OCH3 is 3. The minimum Gasteiger partial charge on any atom is -0.497 e. The van der Waals surface area contributed by atoms with Crippen LogP contribution in [0.15, 0.2) is 36.4 Å². The summed E-state index contributed by atoms with van der Waals surface area (Å²) in [5, 5.41) is 12.3. The summed E-state index contributed by atoms with van der Waals surface area (Å²) in [6, 6.07) is 9.58. The van der Waals surface area contributed by atoms with E-state index in [1.165, 1.54) is 7.11 Å². The molecule has 0 saturated heterocycles. The standard InChI is InChI=1S/C21H24N2O6/c1-27-15-6-4-14(5-7-15)22-21(26)23-9-8-13-10-18(28-2)19(29-3)11-16(13)17(23)12-20(24)25/h4-7,10-11,17H,8-9,12H2,1-3H3,(H,22,26)(H,24,25). The largest absolute Gasteiger partial charge is 0.497 e. The second kappa shape index (κ2) is 8.72. The van der Waals surface area contributed by atoms with Gasteiger partial charge in [0.05, 0.1) is 33.8 Å². The smallest absolute Gasteiger partial charge is 0.322 e. The minimum absolute atomic E-state index is 0.210. The Morgan fingerprint density at radius 3 is 2.31 bits per heavy atom. The van der Waals surface area contributed by atoms with Gasteiger partial charge in [-0.25, -0.2) is 4.79 Å². The summed E-state index contributed by atoms with van der Waals surface area (Å²) in [5.74, 6) is 0.773. The molecule has 29 heavy (non-hydrogen) atoms. The van der Waals surface area contributed by atoms with E-state index in [0.717, 1.165) is 11.1 Å². The molecule has 0 bridgehead atoms. The van der Waals surface area contributed by atoms with E-state index in [1.807, 2.05) is 6.07 Å². The van der Waals surface area contributed by atoms with Crippen molar-refractivity contribution >= 4 is 17.7 Å². The SMILES string of the molecule is COc1ccc(NC(=O)N2CCc3cc(OC)c(OC)cc3C2CC(=O)O)cc1. The van der Waals surface area contributed by atoms with E-state index in [2.05, 4.69) is 5.32 Å². The molecule has 2 aromatic carbocycles. The van der Waals surface area contributed by atoms with E-state index in [9.17, 15) is 14.7 Å². The van der Waals surface area contributed by atoms with Crippen molar-refractivity contribution in [1.29, 1.82) is 0 Å². The Morgan fingerprint density at radius 1 is 1.07 bits per heavy atom. The van der Waals surface area contributed by atoms with Crippen LogP contribution in [0.3, 0.4) is 0 Å². The summed E-state index contributed by atoms with van der Waals surface area (Å²) in [6.45, 7) is 0.391. The fourth-order valence-electron chi connectivity index (χ4n) is 3.53. The van der Waals surface area contributed by atoms with Gasteiger partial charge in [-0.3, -0.25) is 4.79 Å². The molecule has 154 valence electrons. The topological polar surface area (TPSA) is 97.3 Å². The van der Waals surface area contributed by atoms with Crippen LogP contribution in [0.4, 0.5) is 10.5 Å². The lowest BCUT2D eigenvalue weighted by atomic mass is 9.90. The average molecular weight is 400 g/mol. The Hall–Kier alpha value is -3.42. The van der Waals surface area contributed by atoms with Gasteiger partial charge in [-0.05, 0) is 53.9 Å². The van der Waals surface area contributed by atoms with E-state index >= 15 is 0 Å². The molecule has 0 saturated carbocycles. The van der Waals surface area contributed by atoms with Crippen LogP contribution in [0.1, 0.15) is 23.6 Å². The maximum absolute atomic E-state index is 12.9. The molecule has 8 heteroatoms. The molecule has 2 aromatic rings. The van der Waals surface area contributed by atoms with Crippen molar-refractivity contribution < 1.29 is 28.9 Å². The molecule has 0 aliphatic carbocycles. The fraction of sp³-hybridized carbons (Fsp3) is 0.333. The Balaban J connectivity index is 1.90. The molecule has 1 heterocycles. The maximum atomic E-state index is 12.9. The van der Waals surface area contributed by atoms with Gasteiger partial charge < -0.3 is 29.5 Å². The van der Waals surface area contributed by atoms with E-state index in [4.69, 9.17) is 14.2 Å². The number of anilines is 1. The summed E-state index contributed by atoms with van der Waals surface area (Å²) < 4.78 is 15.8. The summed E-state index contributed by atoms with van der Waals surface area (Å²) in [5.41, 5.74) is 2.30. The highest BCUT2D eigenvalue weighted by molar-refractivity contribution is 5.90. The number of rotatable bonds is 6. The van der Waals surface area contributed by atoms with Crippen LogP contribution in [0.2, 0.25) is 0 Å². The van der Waals surface area contributed by atoms with E-state index < -0.39 is 12.0 Å². The third-order valence-corrected chi connectivity index (χ3v) is 4.97. The highest BCUT2D eigenvalue weighted by Gasteiger charge is 2.33. The van der Waals surface area contributed by atoms with E-state index in [-0.39, 0.29) is 12.5 Å². The number of carbonyl (C=O) groups is 2. The van der Waals surface area contributed by atoms with Crippen LogP contribution in [-0.2, 0) is 11.2 Å². The lowest BCUT2D eigenvalue weighted by molar-refractivity contribution is -0.138. The number of hydrogen-bond donors (Lipinski definition) is 2. The van der Waals surface area contributed by atoms with E-state index in [0.29, 0.717) is 35.9 Å². The molecular weight excluding hydrogens is 376 g/mol. The number of nitrogens with zero attached hydrogens (tertiary/aromatic N) is 1. The van der Waals surface area contributed by atoms with Gasteiger partial charge in [0, 0.05) is 12.2 Å². The van der Waals surface area contributed by atoms with Crippen molar-refractivity contribution in [1.82, 2.24) is 4.90 Å². The van der Waals surface area contributed by atoms with Crippen molar-refractivity contribution in [2.75, 3.05) is 33.2 Å². The Bertz CT molecular complexity index is 897. The molecule has 1 unspecified atom stereocenters. The van der Waals surface area contributed by atoms with Crippen LogP contribution in [0.25, 0.3) is 0 Å². The number of fused-ring (bicyclic) bond motifs is 1. The predicted molar refractivity (Wildman–Crippen MR) is 107 cm³/mol. The molecule has 1 atom stereocenters. The molecule has 0 fully saturated rings. The zero-order valence-corrected chi connectivity index (χ0v) is 16.6. The van der Waals surface area contributed by atoms with Gasteiger partial charge in [-0.15, -0.1) is 0 Å². The van der Waals surface area contributed by atoms with Crippen molar-refractivity contribution in [3.63, 3.8) is 0 Å². The molecule has 0 aromatic heterocycles. The number of amides is 2. The summed E-state index contributed by atoms with van der Waals surface area (Å²) in [4.78, 5) is 26.0.